The van der Waals surface area contributed by atoms with Crippen LogP contribution in [0.3, 0.4) is 0 Å². The summed E-state index contributed by atoms with van der Waals surface area (Å²) in [5.41, 5.74) is 2.44. The Morgan fingerprint density at radius 2 is 1.92 bits per heavy atom. The summed E-state index contributed by atoms with van der Waals surface area (Å²) in [4.78, 5) is 0. The van der Waals surface area contributed by atoms with Crippen molar-refractivity contribution in [1.82, 2.24) is 16.0 Å². The Morgan fingerprint density at radius 3 is 2.38 bits per heavy atom. The van der Waals surface area contributed by atoms with E-state index in [-0.39, 0.29) is 5.75 Å². The fourth-order valence-electron chi connectivity index (χ4n) is 2.59. The summed E-state index contributed by atoms with van der Waals surface area (Å²) in [6.07, 6.45) is 3.26. The largest absolute Gasteiger partial charge is 0.390 e. The predicted octanol–water partition coefficient (Wildman–Crippen LogP) is 1.52. The molecule has 2 atom stereocenters. The Morgan fingerprint density at radius 1 is 1.27 bits per heavy atom. The van der Waals surface area contributed by atoms with Crippen molar-refractivity contribution >= 4 is 9.84 Å². The molecule has 0 radical (unpaired) electrons. The van der Waals surface area contributed by atoms with Crippen LogP contribution in [0.5, 0.6) is 0 Å². The second-order valence-electron chi connectivity index (χ2n) is 6.17. The van der Waals surface area contributed by atoms with E-state index in [1.165, 1.54) is 13.4 Å². The van der Waals surface area contributed by atoms with E-state index in [0.29, 0.717) is 5.56 Å². The number of hydrogen-bond donors (Lipinski definition) is 3. The van der Waals surface area contributed by atoms with Crippen LogP contribution >= 0.6 is 0 Å². The molecule has 1 unspecified atom stereocenters. The van der Waals surface area contributed by atoms with Gasteiger partial charge in [0.2, 0.25) is 0 Å². The molecule has 0 bridgehead atoms. The zero-order valence-corrected chi connectivity index (χ0v) is 16.7. The van der Waals surface area contributed by atoms with Crippen LogP contribution in [0.1, 0.15) is 23.7 Å². The summed E-state index contributed by atoms with van der Waals surface area (Å²) >= 11 is 0. The average Bonchev–Trinajstić information content (AvgIpc) is 2.60. The monoisotopic (exact) mass is 387 g/mol. The number of methoxy groups -OCH3 is 1. The number of halogens is 1. The molecule has 0 spiro atoms. The molecule has 6 nitrogen and oxygen atoms in total. The summed E-state index contributed by atoms with van der Waals surface area (Å²) in [6.45, 7) is 0.202. The normalized spacial score (nSPS) is 14.7. The fourth-order valence-corrected chi connectivity index (χ4v) is 3.39. The predicted molar refractivity (Wildman–Crippen MR) is 103 cm³/mol. The maximum atomic E-state index is 13.6. The lowest BCUT2D eigenvalue weighted by Crippen LogP contribution is -2.35. The second-order valence-corrected chi connectivity index (χ2v) is 8.31. The molecule has 148 valence electrons. The number of hydrogen-bond acceptors (Lipinski definition) is 6. The highest BCUT2D eigenvalue weighted by molar-refractivity contribution is 7.89. The number of nitrogens with one attached hydrogen (secondary N) is 3. The molecule has 0 aliphatic rings. The van der Waals surface area contributed by atoms with E-state index in [1.54, 1.807) is 30.5 Å². The van der Waals surface area contributed by atoms with Crippen LogP contribution in [0.4, 0.5) is 4.39 Å². The summed E-state index contributed by atoms with van der Waals surface area (Å²) < 4.78 is 41.9. The number of sulfone groups is 1. The van der Waals surface area contributed by atoms with E-state index in [4.69, 9.17) is 4.74 Å². The molecule has 0 fully saturated rings. The highest BCUT2D eigenvalue weighted by Gasteiger charge is 2.22. The molecule has 0 aliphatic heterocycles. The van der Waals surface area contributed by atoms with Crippen LogP contribution in [-0.4, -0.2) is 55.1 Å². The van der Waals surface area contributed by atoms with E-state index in [2.05, 4.69) is 16.0 Å². The van der Waals surface area contributed by atoms with Crippen LogP contribution in [-0.2, 0) is 20.3 Å². The summed E-state index contributed by atoms with van der Waals surface area (Å²) in [7, 11) is 2.14. The minimum absolute atomic E-state index is 0.0184. The third-order valence-corrected chi connectivity index (χ3v) is 4.82. The molecule has 0 saturated carbocycles. The molecule has 1 rings (SSSR count). The van der Waals surface area contributed by atoms with Crippen molar-refractivity contribution in [2.24, 2.45) is 0 Å². The standard InChI is InChI=1S/C18H30FN3O3S/c1-20-10-9-16(21-2)12-22-17(11-19)18(25-3)15-7-5-14(6-8-15)13-26(4,23)24/h5-8,12,17-18,20-22H,9-11,13H2,1-4H3/b16-12-/t17-,18?/m1/s1. The summed E-state index contributed by atoms with van der Waals surface area (Å²) in [5, 5.41) is 9.23. The van der Waals surface area contributed by atoms with Crippen molar-refractivity contribution < 1.29 is 17.5 Å². The first-order chi connectivity index (χ1) is 12.3. The Labute approximate surface area is 156 Å². The van der Waals surface area contributed by atoms with Gasteiger partial charge < -0.3 is 20.7 Å². The smallest absolute Gasteiger partial charge is 0.151 e. The first-order valence-electron chi connectivity index (χ1n) is 8.47. The second kappa shape index (κ2) is 11.2. The maximum Gasteiger partial charge on any atom is 0.151 e. The van der Waals surface area contributed by atoms with E-state index in [0.717, 1.165) is 24.2 Å². The van der Waals surface area contributed by atoms with Gasteiger partial charge in [-0.3, -0.25) is 0 Å². The van der Waals surface area contributed by atoms with E-state index < -0.39 is 28.7 Å². The van der Waals surface area contributed by atoms with Gasteiger partial charge in [0, 0.05) is 45.3 Å². The van der Waals surface area contributed by atoms with Gasteiger partial charge in [0.25, 0.3) is 0 Å². The van der Waals surface area contributed by atoms with Crippen LogP contribution in [0, 0.1) is 0 Å². The molecule has 0 aliphatic carbocycles. The number of alkyl halides is 1. The van der Waals surface area contributed by atoms with Gasteiger partial charge in [0.15, 0.2) is 9.84 Å². The zero-order valence-electron chi connectivity index (χ0n) is 15.9. The Hall–Kier alpha value is -1.64. The van der Waals surface area contributed by atoms with Gasteiger partial charge in [0.05, 0.1) is 11.8 Å². The molecule has 0 heterocycles. The molecule has 1 aromatic rings. The van der Waals surface area contributed by atoms with Crippen LogP contribution < -0.4 is 16.0 Å². The SMILES string of the molecule is CNCC/C(=C/N[C@H](CF)C(OC)c1ccc(CS(C)(=O)=O)cc1)NC. The third kappa shape index (κ3) is 7.72. The molecule has 0 saturated heterocycles. The quantitative estimate of drug-likeness (QED) is 0.505. The number of benzene rings is 1. The van der Waals surface area contributed by atoms with Gasteiger partial charge in [-0.2, -0.15) is 0 Å². The van der Waals surface area contributed by atoms with Crippen molar-refractivity contribution in [3.05, 3.63) is 47.3 Å². The van der Waals surface area contributed by atoms with Gasteiger partial charge in [0.1, 0.15) is 12.8 Å². The van der Waals surface area contributed by atoms with Crippen molar-refractivity contribution in [2.45, 2.75) is 24.3 Å². The van der Waals surface area contributed by atoms with Gasteiger partial charge in [-0.05, 0) is 18.2 Å². The van der Waals surface area contributed by atoms with Gasteiger partial charge in [-0.1, -0.05) is 24.3 Å². The number of ether oxygens (including phenoxy) is 1. The molecule has 0 aromatic heterocycles. The molecule has 8 heteroatoms. The van der Waals surface area contributed by atoms with E-state index in [9.17, 15) is 12.8 Å². The highest BCUT2D eigenvalue weighted by Crippen LogP contribution is 2.22. The summed E-state index contributed by atoms with van der Waals surface area (Å²) in [6, 6.07) is 6.48. The molecule has 26 heavy (non-hydrogen) atoms. The van der Waals surface area contributed by atoms with Gasteiger partial charge in [-0.25, -0.2) is 12.8 Å². The van der Waals surface area contributed by atoms with Crippen molar-refractivity contribution in [3.63, 3.8) is 0 Å². The van der Waals surface area contributed by atoms with Crippen LogP contribution in [0.15, 0.2) is 36.2 Å². The van der Waals surface area contributed by atoms with Crippen molar-refractivity contribution in [1.29, 1.82) is 0 Å². The minimum Gasteiger partial charge on any atom is -0.390 e. The summed E-state index contributed by atoms with van der Waals surface area (Å²) in [5.74, 6) is -0.0184. The Balaban J connectivity index is 2.87. The molecular weight excluding hydrogens is 357 g/mol. The third-order valence-electron chi connectivity index (χ3n) is 3.96. The highest BCUT2D eigenvalue weighted by atomic mass is 32.2. The zero-order chi connectivity index (χ0) is 19.6. The van der Waals surface area contributed by atoms with Gasteiger partial charge >= 0.3 is 0 Å². The lowest BCUT2D eigenvalue weighted by Gasteiger charge is -2.25. The van der Waals surface area contributed by atoms with Gasteiger partial charge in [-0.15, -0.1) is 0 Å². The molecule has 1 aromatic carbocycles. The average molecular weight is 388 g/mol. The molecule has 3 N–H and O–H groups in total. The first kappa shape index (κ1) is 22.4. The van der Waals surface area contributed by atoms with Crippen LogP contribution in [0.25, 0.3) is 0 Å². The van der Waals surface area contributed by atoms with Crippen molar-refractivity contribution in [3.8, 4) is 0 Å². The Bertz CT molecular complexity index is 663. The lowest BCUT2D eigenvalue weighted by molar-refractivity contribution is 0.0633. The first-order valence-corrected chi connectivity index (χ1v) is 10.5. The Kier molecular flexibility index (Phi) is 9.61. The van der Waals surface area contributed by atoms with E-state index >= 15 is 0 Å². The maximum absolute atomic E-state index is 13.6. The fraction of sp³-hybridized carbons (Fsp3) is 0.556. The van der Waals surface area contributed by atoms with Crippen LogP contribution in [0.2, 0.25) is 0 Å². The topological polar surface area (TPSA) is 79.5 Å². The number of rotatable bonds is 12. The minimum atomic E-state index is -3.09. The molecular formula is C18H30FN3O3S. The van der Waals surface area contributed by atoms with Crippen molar-refractivity contribution in [2.75, 3.05) is 40.7 Å². The van der Waals surface area contributed by atoms with E-state index in [1.807, 2.05) is 14.1 Å². The molecule has 0 amide bonds. The lowest BCUT2D eigenvalue weighted by atomic mass is 10.0.